The van der Waals surface area contributed by atoms with E-state index >= 15 is 0 Å². The van der Waals surface area contributed by atoms with Gasteiger partial charge in [0, 0.05) is 10.8 Å². The van der Waals surface area contributed by atoms with Crippen molar-refractivity contribution in [1.29, 1.82) is 0 Å². The topological polar surface area (TPSA) is 25.8 Å². The van der Waals surface area contributed by atoms with Crippen molar-refractivity contribution < 1.29 is 0 Å². The molecule has 1 aromatic heterocycles. The molecule has 0 saturated carbocycles. The van der Waals surface area contributed by atoms with E-state index in [4.69, 9.17) is 0 Å². The number of benzene rings is 1. The van der Waals surface area contributed by atoms with Crippen molar-refractivity contribution in [2.75, 3.05) is 0 Å². The average Bonchev–Trinajstić information content (AvgIpc) is 2.17. The fourth-order valence-corrected chi connectivity index (χ4v) is 1.59. The first-order valence-electron chi connectivity index (χ1n) is 4.51. The number of fused-ring (bicyclic) bond motifs is 1. The first kappa shape index (κ1) is 8.17. The Morgan fingerprint density at radius 1 is 1.08 bits per heavy atom. The van der Waals surface area contributed by atoms with Gasteiger partial charge in [0.15, 0.2) is 0 Å². The van der Waals surface area contributed by atoms with Crippen LogP contribution in [0.15, 0.2) is 24.5 Å². The van der Waals surface area contributed by atoms with Crippen LogP contribution in [0.25, 0.3) is 10.8 Å². The molecule has 2 rings (SSSR count). The zero-order valence-electron chi connectivity index (χ0n) is 7.91. The van der Waals surface area contributed by atoms with Gasteiger partial charge in [0.25, 0.3) is 0 Å². The maximum absolute atomic E-state index is 3.87. The Morgan fingerprint density at radius 3 is 2.31 bits per heavy atom. The number of aromatic nitrogens is 2. The molecule has 2 nitrogen and oxygen atoms in total. The lowest BCUT2D eigenvalue weighted by Gasteiger charge is -2.04. The first-order chi connectivity index (χ1) is 6.31. The van der Waals surface area contributed by atoms with Gasteiger partial charge < -0.3 is 0 Å². The van der Waals surface area contributed by atoms with Crippen molar-refractivity contribution in [3.8, 4) is 0 Å². The standard InChI is InChI=1S/C11H12N2/c1-3-9-5-11-7-13-12-6-10(11)4-8(9)2/h4-7H,3H2,1-2H3. The zero-order valence-corrected chi connectivity index (χ0v) is 7.91. The number of hydrogen-bond acceptors (Lipinski definition) is 2. The predicted molar refractivity (Wildman–Crippen MR) is 53.7 cm³/mol. The van der Waals surface area contributed by atoms with Gasteiger partial charge in [-0.25, -0.2) is 0 Å². The molecule has 0 unspecified atom stereocenters. The third kappa shape index (κ3) is 1.39. The largest absolute Gasteiger partial charge is 0.158 e. The highest BCUT2D eigenvalue weighted by Gasteiger charge is 1.99. The molecule has 0 radical (unpaired) electrons. The molecule has 0 aliphatic rings. The van der Waals surface area contributed by atoms with Crippen LogP contribution >= 0.6 is 0 Å². The summed E-state index contributed by atoms with van der Waals surface area (Å²) in [5.74, 6) is 0. The van der Waals surface area contributed by atoms with Gasteiger partial charge in [0.05, 0.1) is 12.4 Å². The molecular formula is C11H12N2. The van der Waals surface area contributed by atoms with E-state index < -0.39 is 0 Å². The van der Waals surface area contributed by atoms with Gasteiger partial charge in [-0.15, -0.1) is 0 Å². The monoisotopic (exact) mass is 172 g/mol. The molecule has 2 aromatic rings. The smallest absolute Gasteiger partial charge is 0.0574 e. The molecule has 0 spiro atoms. The second kappa shape index (κ2) is 3.13. The molecule has 0 atom stereocenters. The lowest BCUT2D eigenvalue weighted by Crippen LogP contribution is -1.88. The molecule has 0 aliphatic heterocycles. The minimum Gasteiger partial charge on any atom is -0.158 e. The van der Waals surface area contributed by atoms with Crippen LogP contribution in [0, 0.1) is 6.92 Å². The molecule has 66 valence electrons. The van der Waals surface area contributed by atoms with Crippen molar-refractivity contribution in [2.24, 2.45) is 0 Å². The number of rotatable bonds is 1. The Morgan fingerprint density at radius 2 is 1.69 bits per heavy atom. The quantitative estimate of drug-likeness (QED) is 0.660. The number of aryl methyl sites for hydroxylation is 2. The third-order valence-electron chi connectivity index (χ3n) is 2.38. The molecule has 0 amide bonds. The SMILES string of the molecule is CCc1cc2cnncc2cc1C. The Labute approximate surface area is 77.6 Å². The van der Waals surface area contributed by atoms with Crippen LogP contribution in [-0.2, 0) is 6.42 Å². The van der Waals surface area contributed by atoms with Gasteiger partial charge >= 0.3 is 0 Å². The minimum absolute atomic E-state index is 1.07. The number of nitrogens with zero attached hydrogens (tertiary/aromatic N) is 2. The molecule has 0 bridgehead atoms. The van der Waals surface area contributed by atoms with Crippen LogP contribution in [0.3, 0.4) is 0 Å². The second-order valence-electron chi connectivity index (χ2n) is 3.25. The molecule has 0 N–H and O–H groups in total. The summed E-state index contributed by atoms with van der Waals surface area (Å²) in [6, 6.07) is 4.36. The molecule has 13 heavy (non-hydrogen) atoms. The Hall–Kier alpha value is -1.44. The molecule has 0 saturated heterocycles. The summed E-state index contributed by atoms with van der Waals surface area (Å²) in [4.78, 5) is 0. The number of hydrogen-bond donors (Lipinski definition) is 0. The summed E-state index contributed by atoms with van der Waals surface area (Å²) in [6.45, 7) is 4.31. The van der Waals surface area contributed by atoms with Crippen molar-refractivity contribution in [2.45, 2.75) is 20.3 Å². The van der Waals surface area contributed by atoms with Gasteiger partial charge in [0.1, 0.15) is 0 Å². The van der Waals surface area contributed by atoms with Crippen LogP contribution < -0.4 is 0 Å². The lowest BCUT2D eigenvalue weighted by molar-refractivity contribution is 1.05. The van der Waals surface area contributed by atoms with Gasteiger partial charge in [-0.05, 0) is 36.6 Å². The molecule has 0 aliphatic carbocycles. The fraction of sp³-hybridized carbons (Fsp3) is 0.273. The summed E-state index contributed by atoms with van der Waals surface area (Å²) >= 11 is 0. The Bertz CT molecular complexity index is 435. The van der Waals surface area contributed by atoms with E-state index in [9.17, 15) is 0 Å². The van der Waals surface area contributed by atoms with Crippen LogP contribution in [0.1, 0.15) is 18.1 Å². The highest BCUT2D eigenvalue weighted by molar-refractivity contribution is 5.82. The first-order valence-corrected chi connectivity index (χ1v) is 4.51. The van der Waals surface area contributed by atoms with Crippen LogP contribution in [0.2, 0.25) is 0 Å². The summed E-state index contributed by atoms with van der Waals surface area (Å²) in [6.07, 6.45) is 4.69. The Balaban J connectivity index is 2.74. The predicted octanol–water partition coefficient (Wildman–Crippen LogP) is 2.50. The second-order valence-corrected chi connectivity index (χ2v) is 3.25. The highest BCUT2D eigenvalue weighted by Crippen LogP contribution is 2.18. The van der Waals surface area contributed by atoms with E-state index in [1.807, 2.05) is 12.4 Å². The van der Waals surface area contributed by atoms with Crippen LogP contribution in [-0.4, -0.2) is 10.2 Å². The van der Waals surface area contributed by atoms with Gasteiger partial charge in [-0.2, -0.15) is 10.2 Å². The van der Waals surface area contributed by atoms with Crippen molar-refractivity contribution in [3.63, 3.8) is 0 Å². The summed E-state index contributed by atoms with van der Waals surface area (Å²) in [7, 11) is 0. The minimum atomic E-state index is 1.07. The molecule has 1 heterocycles. The van der Waals surface area contributed by atoms with E-state index in [2.05, 4.69) is 36.2 Å². The fourth-order valence-electron chi connectivity index (χ4n) is 1.59. The molecule has 2 heteroatoms. The van der Waals surface area contributed by atoms with E-state index in [1.54, 1.807) is 0 Å². The van der Waals surface area contributed by atoms with E-state index in [0.717, 1.165) is 6.42 Å². The normalized spacial score (nSPS) is 10.6. The van der Waals surface area contributed by atoms with Crippen molar-refractivity contribution in [3.05, 3.63) is 35.7 Å². The van der Waals surface area contributed by atoms with Crippen molar-refractivity contribution >= 4 is 10.8 Å². The summed E-state index contributed by atoms with van der Waals surface area (Å²) in [5, 5.41) is 10.1. The van der Waals surface area contributed by atoms with Gasteiger partial charge in [0.2, 0.25) is 0 Å². The lowest BCUT2D eigenvalue weighted by atomic mass is 10.0. The molecule has 1 aromatic carbocycles. The van der Waals surface area contributed by atoms with Crippen molar-refractivity contribution in [1.82, 2.24) is 10.2 Å². The van der Waals surface area contributed by atoms with Crippen LogP contribution in [0.4, 0.5) is 0 Å². The van der Waals surface area contributed by atoms with E-state index in [-0.39, 0.29) is 0 Å². The summed E-state index contributed by atoms with van der Waals surface area (Å²) < 4.78 is 0. The maximum atomic E-state index is 3.87. The maximum Gasteiger partial charge on any atom is 0.0574 e. The summed E-state index contributed by atoms with van der Waals surface area (Å²) in [5.41, 5.74) is 2.73. The van der Waals surface area contributed by atoms with E-state index in [0.29, 0.717) is 0 Å². The van der Waals surface area contributed by atoms with Gasteiger partial charge in [-0.3, -0.25) is 0 Å². The Kier molecular flexibility index (Phi) is 1.97. The zero-order chi connectivity index (χ0) is 9.26. The molecular weight excluding hydrogens is 160 g/mol. The van der Waals surface area contributed by atoms with Gasteiger partial charge in [-0.1, -0.05) is 6.92 Å². The van der Waals surface area contributed by atoms with E-state index in [1.165, 1.54) is 21.9 Å². The third-order valence-corrected chi connectivity index (χ3v) is 2.38. The highest BCUT2D eigenvalue weighted by atomic mass is 15.1. The van der Waals surface area contributed by atoms with Crippen LogP contribution in [0.5, 0.6) is 0 Å². The molecule has 0 fully saturated rings. The average molecular weight is 172 g/mol.